The van der Waals surface area contributed by atoms with Gasteiger partial charge in [0.25, 0.3) is 0 Å². The minimum absolute atomic E-state index is 0.281. The maximum Gasteiger partial charge on any atom is 0.101 e. The second-order valence-corrected chi connectivity index (χ2v) is 4.13. The Kier molecular flexibility index (Phi) is 3.97. The number of hydrogen-bond donors (Lipinski definition) is 1. The highest BCUT2D eigenvalue weighted by Crippen LogP contribution is 2.24. The minimum Gasteiger partial charge on any atom is -0.377 e. The van der Waals surface area contributed by atoms with Gasteiger partial charge in [-0.2, -0.15) is 5.26 Å². The van der Waals surface area contributed by atoms with Crippen LogP contribution in [-0.4, -0.2) is 32.3 Å². The molecule has 1 aliphatic heterocycles. The van der Waals surface area contributed by atoms with Crippen LogP contribution in [0.15, 0.2) is 24.3 Å². The van der Waals surface area contributed by atoms with E-state index in [0.717, 1.165) is 24.2 Å². The van der Waals surface area contributed by atoms with Gasteiger partial charge in [-0.3, -0.25) is 0 Å². The van der Waals surface area contributed by atoms with E-state index in [-0.39, 0.29) is 6.04 Å². The van der Waals surface area contributed by atoms with Crippen LogP contribution in [-0.2, 0) is 4.74 Å². The van der Waals surface area contributed by atoms with Crippen LogP contribution in [0.3, 0.4) is 0 Å². The van der Waals surface area contributed by atoms with Gasteiger partial charge in [-0.05, 0) is 25.1 Å². The third kappa shape index (κ3) is 2.57. The van der Waals surface area contributed by atoms with Crippen LogP contribution in [0.4, 0.5) is 5.69 Å². The van der Waals surface area contributed by atoms with Crippen molar-refractivity contribution in [3.05, 3.63) is 29.8 Å². The first kappa shape index (κ1) is 11.9. The van der Waals surface area contributed by atoms with E-state index in [1.165, 1.54) is 0 Å². The number of benzene rings is 1. The second kappa shape index (κ2) is 5.67. The lowest BCUT2D eigenvalue weighted by molar-refractivity contribution is 0.0922. The summed E-state index contributed by atoms with van der Waals surface area (Å²) in [7, 11) is 0. The van der Waals surface area contributed by atoms with Crippen LogP contribution in [0, 0.1) is 11.3 Å². The predicted octanol–water partition coefficient (Wildman–Crippen LogP) is 1.11. The van der Waals surface area contributed by atoms with Crippen molar-refractivity contribution in [1.82, 2.24) is 0 Å². The maximum atomic E-state index is 9.13. The van der Waals surface area contributed by atoms with Crippen LogP contribution in [0.25, 0.3) is 0 Å². The Hall–Kier alpha value is -1.57. The predicted molar refractivity (Wildman–Crippen MR) is 66.8 cm³/mol. The van der Waals surface area contributed by atoms with Crippen molar-refractivity contribution in [3.63, 3.8) is 0 Å². The summed E-state index contributed by atoms with van der Waals surface area (Å²) >= 11 is 0. The lowest BCUT2D eigenvalue weighted by Crippen LogP contribution is -2.46. The number of nitrogens with zero attached hydrogens (tertiary/aromatic N) is 2. The summed E-state index contributed by atoms with van der Waals surface area (Å²) in [6.07, 6.45) is 0.889. The average Bonchev–Trinajstić information content (AvgIpc) is 2.40. The summed E-state index contributed by atoms with van der Waals surface area (Å²) in [5, 5.41) is 9.13. The first-order valence-electron chi connectivity index (χ1n) is 5.90. The fourth-order valence-corrected chi connectivity index (χ4v) is 2.22. The van der Waals surface area contributed by atoms with Gasteiger partial charge in [-0.15, -0.1) is 0 Å². The summed E-state index contributed by atoms with van der Waals surface area (Å²) in [4.78, 5) is 2.24. The third-order valence-corrected chi connectivity index (χ3v) is 3.06. The summed E-state index contributed by atoms with van der Waals surface area (Å²) in [6.45, 7) is 2.86. The molecule has 2 rings (SSSR count). The molecule has 0 amide bonds. The van der Waals surface area contributed by atoms with Gasteiger partial charge < -0.3 is 15.4 Å². The lowest BCUT2D eigenvalue weighted by atomic mass is 10.1. The SMILES string of the molecule is N#Cc1ccccc1N1CCOCC1CCN. The standard InChI is InChI=1S/C13H17N3O/c14-6-5-12-10-17-8-7-16(12)13-4-2-1-3-11(13)9-15/h1-4,12H,5-8,10,14H2. The Morgan fingerprint density at radius 3 is 3.06 bits per heavy atom. The van der Waals surface area contributed by atoms with E-state index in [1.54, 1.807) is 0 Å². The Balaban J connectivity index is 2.26. The average molecular weight is 231 g/mol. The van der Waals surface area contributed by atoms with E-state index in [9.17, 15) is 0 Å². The summed E-state index contributed by atoms with van der Waals surface area (Å²) in [5.41, 5.74) is 7.34. The van der Waals surface area contributed by atoms with E-state index in [4.69, 9.17) is 15.7 Å². The Bertz CT molecular complexity index is 411. The molecular weight excluding hydrogens is 214 g/mol. The largest absolute Gasteiger partial charge is 0.377 e. The smallest absolute Gasteiger partial charge is 0.101 e. The minimum atomic E-state index is 0.281. The Labute approximate surface area is 102 Å². The first-order chi connectivity index (χ1) is 8.36. The molecule has 4 nitrogen and oxygen atoms in total. The molecule has 0 spiro atoms. The maximum absolute atomic E-state index is 9.13. The number of rotatable bonds is 3. The highest BCUT2D eigenvalue weighted by molar-refractivity contribution is 5.60. The van der Waals surface area contributed by atoms with Crippen LogP contribution in [0.1, 0.15) is 12.0 Å². The molecule has 0 radical (unpaired) electrons. The Morgan fingerprint density at radius 2 is 2.29 bits per heavy atom. The first-order valence-corrected chi connectivity index (χ1v) is 5.90. The number of ether oxygens (including phenoxy) is 1. The molecule has 1 atom stereocenters. The van der Waals surface area contributed by atoms with Gasteiger partial charge in [-0.25, -0.2) is 0 Å². The van der Waals surface area contributed by atoms with E-state index < -0.39 is 0 Å². The molecule has 17 heavy (non-hydrogen) atoms. The number of morpholine rings is 1. The molecule has 1 heterocycles. The van der Waals surface area contributed by atoms with Crippen molar-refractivity contribution < 1.29 is 4.74 Å². The van der Waals surface area contributed by atoms with Gasteiger partial charge in [0.2, 0.25) is 0 Å². The van der Waals surface area contributed by atoms with Crippen LogP contribution < -0.4 is 10.6 Å². The zero-order chi connectivity index (χ0) is 12.1. The molecule has 1 fully saturated rings. The Morgan fingerprint density at radius 1 is 1.47 bits per heavy atom. The zero-order valence-electron chi connectivity index (χ0n) is 9.80. The van der Waals surface area contributed by atoms with Gasteiger partial charge >= 0.3 is 0 Å². The van der Waals surface area contributed by atoms with Gasteiger partial charge in [0.15, 0.2) is 0 Å². The van der Waals surface area contributed by atoms with Crippen molar-refractivity contribution in [2.75, 3.05) is 31.2 Å². The number of anilines is 1. The van der Waals surface area contributed by atoms with E-state index in [0.29, 0.717) is 19.8 Å². The molecule has 90 valence electrons. The summed E-state index contributed by atoms with van der Waals surface area (Å²) in [5.74, 6) is 0. The van der Waals surface area contributed by atoms with Gasteiger partial charge in [-0.1, -0.05) is 12.1 Å². The van der Waals surface area contributed by atoms with E-state index in [2.05, 4.69) is 11.0 Å². The van der Waals surface area contributed by atoms with Crippen molar-refractivity contribution in [2.24, 2.45) is 5.73 Å². The molecular formula is C13H17N3O. The molecule has 0 bridgehead atoms. The molecule has 1 aliphatic rings. The number of hydrogen-bond acceptors (Lipinski definition) is 4. The molecule has 2 N–H and O–H groups in total. The molecule has 1 aromatic carbocycles. The molecule has 1 aromatic rings. The summed E-state index contributed by atoms with van der Waals surface area (Å²) in [6, 6.07) is 10.2. The van der Waals surface area contributed by atoms with Crippen LogP contribution >= 0.6 is 0 Å². The summed E-state index contributed by atoms with van der Waals surface area (Å²) < 4.78 is 5.48. The lowest BCUT2D eigenvalue weighted by Gasteiger charge is -2.37. The van der Waals surface area contributed by atoms with Crippen molar-refractivity contribution in [3.8, 4) is 6.07 Å². The van der Waals surface area contributed by atoms with Crippen LogP contribution in [0.5, 0.6) is 0 Å². The van der Waals surface area contributed by atoms with Gasteiger partial charge in [0, 0.05) is 6.54 Å². The monoisotopic (exact) mass is 231 g/mol. The van der Waals surface area contributed by atoms with Gasteiger partial charge in [0.05, 0.1) is 30.5 Å². The highest BCUT2D eigenvalue weighted by atomic mass is 16.5. The third-order valence-electron chi connectivity index (χ3n) is 3.06. The van der Waals surface area contributed by atoms with E-state index >= 15 is 0 Å². The molecule has 0 saturated carbocycles. The number of nitrogens with two attached hydrogens (primary N) is 1. The van der Waals surface area contributed by atoms with Gasteiger partial charge in [0.1, 0.15) is 6.07 Å². The molecule has 1 unspecified atom stereocenters. The number of nitriles is 1. The van der Waals surface area contributed by atoms with E-state index in [1.807, 2.05) is 24.3 Å². The fourth-order valence-electron chi connectivity index (χ4n) is 2.22. The molecule has 0 aliphatic carbocycles. The normalized spacial score (nSPS) is 20.0. The molecule has 1 saturated heterocycles. The van der Waals surface area contributed by atoms with Crippen LogP contribution in [0.2, 0.25) is 0 Å². The number of para-hydroxylation sites is 1. The van der Waals surface area contributed by atoms with Crippen molar-refractivity contribution in [2.45, 2.75) is 12.5 Å². The molecule has 4 heteroatoms. The molecule has 0 aromatic heterocycles. The highest BCUT2D eigenvalue weighted by Gasteiger charge is 2.24. The fraction of sp³-hybridized carbons (Fsp3) is 0.462. The quantitative estimate of drug-likeness (QED) is 0.846. The second-order valence-electron chi connectivity index (χ2n) is 4.13. The van der Waals surface area contributed by atoms with Crippen molar-refractivity contribution >= 4 is 5.69 Å². The van der Waals surface area contributed by atoms with Crippen molar-refractivity contribution in [1.29, 1.82) is 5.26 Å². The zero-order valence-corrected chi connectivity index (χ0v) is 9.80. The topological polar surface area (TPSA) is 62.3 Å².